The van der Waals surface area contributed by atoms with Crippen LogP contribution in [0.15, 0.2) is 18.2 Å². The molecular weight excluding hydrogens is 256 g/mol. The Labute approximate surface area is 108 Å². The molecule has 96 valence electrons. The summed E-state index contributed by atoms with van der Waals surface area (Å²) in [6.07, 6.45) is 0. The molecule has 3 nitrogen and oxygen atoms in total. The third-order valence-electron chi connectivity index (χ3n) is 2.65. The normalized spacial score (nSPS) is 12.7. The molecule has 0 aliphatic heterocycles. The highest BCUT2D eigenvalue weighted by molar-refractivity contribution is 7.11. The fourth-order valence-corrected chi connectivity index (χ4v) is 2.85. The predicted molar refractivity (Wildman–Crippen MR) is 67.1 cm³/mol. The maximum atomic E-state index is 13.2. The Morgan fingerprint density at radius 2 is 2.00 bits per heavy atom. The second-order valence-electron chi connectivity index (χ2n) is 3.96. The van der Waals surface area contributed by atoms with Crippen molar-refractivity contribution in [2.45, 2.75) is 19.9 Å². The Balaban J connectivity index is 2.45. The first kappa shape index (κ1) is 13.1. The van der Waals surface area contributed by atoms with Crippen LogP contribution in [0.5, 0.6) is 0 Å². The van der Waals surface area contributed by atoms with Crippen molar-refractivity contribution < 1.29 is 8.78 Å². The average molecular weight is 269 g/mol. The lowest BCUT2D eigenvalue weighted by Gasteiger charge is -2.15. The lowest BCUT2D eigenvalue weighted by atomic mass is 10.0. The fraction of sp³-hybridized carbons (Fsp3) is 0.250. The summed E-state index contributed by atoms with van der Waals surface area (Å²) in [6.45, 7) is 3.75. The summed E-state index contributed by atoms with van der Waals surface area (Å²) in [4.78, 5) is 5.20. The number of rotatable bonds is 3. The van der Waals surface area contributed by atoms with Crippen LogP contribution in [0, 0.1) is 25.5 Å². The average Bonchev–Trinajstić information content (AvgIpc) is 2.64. The van der Waals surface area contributed by atoms with Crippen molar-refractivity contribution in [2.24, 2.45) is 5.84 Å². The van der Waals surface area contributed by atoms with E-state index in [2.05, 4.69) is 10.4 Å². The van der Waals surface area contributed by atoms with Gasteiger partial charge in [0.15, 0.2) is 11.6 Å². The third kappa shape index (κ3) is 2.40. The third-order valence-corrected chi connectivity index (χ3v) is 3.78. The van der Waals surface area contributed by atoms with Crippen LogP contribution in [-0.4, -0.2) is 4.98 Å². The summed E-state index contributed by atoms with van der Waals surface area (Å²) in [5.41, 5.74) is 4.03. The van der Waals surface area contributed by atoms with Crippen molar-refractivity contribution >= 4 is 11.3 Å². The Morgan fingerprint density at radius 3 is 2.50 bits per heavy atom. The van der Waals surface area contributed by atoms with Crippen molar-refractivity contribution in [2.75, 3.05) is 0 Å². The molecule has 0 radical (unpaired) electrons. The zero-order valence-electron chi connectivity index (χ0n) is 10.00. The van der Waals surface area contributed by atoms with Crippen molar-refractivity contribution in [3.63, 3.8) is 0 Å². The van der Waals surface area contributed by atoms with E-state index < -0.39 is 11.6 Å². The molecule has 0 aliphatic carbocycles. The highest BCUT2D eigenvalue weighted by Crippen LogP contribution is 2.29. The quantitative estimate of drug-likeness (QED) is 0.665. The molecule has 1 aromatic carbocycles. The minimum Gasteiger partial charge on any atom is -0.271 e. The predicted octanol–water partition coefficient (Wildman–Crippen LogP) is 2.59. The van der Waals surface area contributed by atoms with E-state index in [0.717, 1.165) is 27.7 Å². The van der Waals surface area contributed by atoms with Gasteiger partial charge < -0.3 is 0 Å². The molecule has 6 heteroatoms. The van der Waals surface area contributed by atoms with Gasteiger partial charge in [-0.15, -0.1) is 11.3 Å². The molecule has 0 fully saturated rings. The van der Waals surface area contributed by atoms with E-state index in [9.17, 15) is 8.78 Å². The molecule has 0 saturated carbocycles. The van der Waals surface area contributed by atoms with E-state index in [1.54, 1.807) is 0 Å². The topological polar surface area (TPSA) is 50.9 Å². The van der Waals surface area contributed by atoms with E-state index in [1.165, 1.54) is 17.4 Å². The van der Waals surface area contributed by atoms with Gasteiger partial charge in [0.2, 0.25) is 0 Å². The summed E-state index contributed by atoms with van der Waals surface area (Å²) in [5, 5.41) is 0.908. The standard InChI is InChI=1S/C12H13F2N3S/c1-6-12(18-7(2)16-6)11(17-15)8-3-4-9(13)10(14)5-8/h3-5,11,17H,15H2,1-2H3. The number of thiazole rings is 1. The van der Waals surface area contributed by atoms with E-state index in [4.69, 9.17) is 5.84 Å². The molecule has 3 N–H and O–H groups in total. The van der Waals surface area contributed by atoms with E-state index in [1.807, 2.05) is 13.8 Å². The summed E-state index contributed by atoms with van der Waals surface area (Å²) >= 11 is 1.48. The van der Waals surface area contributed by atoms with Gasteiger partial charge in [-0.3, -0.25) is 5.84 Å². The van der Waals surface area contributed by atoms with Crippen molar-refractivity contribution in [1.29, 1.82) is 0 Å². The molecule has 0 saturated heterocycles. The van der Waals surface area contributed by atoms with Gasteiger partial charge in [0.05, 0.1) is 21.6 Å². The summed E-state index contributed by atoms with van der Waals surface area (Å²) < 4.78 is 26.2. The van der Waals surface area contributed by atoms with Gasteiger partial charge in [-0.2, -0.15) is 0 Å². The molecule has 1 heterocycles. The minimum atomic E-state index is -0.883. The number of aryl methyl sites for hydroxylation is 2. The Hall–Kier alpha value is -1.37. The Kier molecular flexibility index (Phi) is 3.70. The van der Waals surface area contributed by atoms with E-state index in [-0.39, 0.29) is 6.04 Å². The molecule has 2 rings (SSSR count). The van der Waals surface area contributed by atoms with Gasteiger partial charge in [-0.05, 0) is 31.5 Å². The van der Waals surface area contributed by atoms with Crippen LogP contribution in [0.2, 0.25) is 0 Å². The molecule has 0 bridgehead atoms. The number of nitrogens with zero attached hydrogens (tertiary/aromatic N) is 1. The molecule has 0 spiro atoms. The summed E-state index contributed by atoms with van der Waals surface area (Å²) in [7, 11) is 0. The molecule has 1 aromatic heterocycles. The van der Waals surface area contributed by atoms with Crippen LogP contribution in [0.1, 0.15) is 27.2 Å². The van der Waals surface area contributed by atoms with E-state index in [0.29, 0.717) is 5.56 Å². The van der Waals surface area contributed by atoms with Crippen molar-refractivity contribution in [3.05, 3.63) is 51.0 Å². The lowest BCUT2D eigenvalue weighted by molar-refractivity contribution is 0.504. The number of nitrogens with one attached hydrogen (secondary N) is 1. The molecule has 1 unspecified atom stereocenters. The van der Waals surface area contributed by atoms with Crippen molar-refractivity contribution in [1.82, 2.24) is 10.4 Å². The second-order valence-corrected chi connectivity index (χ2v) is 5.19. The highest BCUT2D eigenvalue weighted by Gasteiger charge is 2.19. The number of benzene rings is 1. The van der Waals surface area contributed by atoms with Crippen LogP contribution in [-0.2, 0) is 0 Å². The van der Waals surface area contributed by atoms with Crippen molar-refractivity contribution in [3.8, 4) is 0 Å². The van der Waals surface area contributed by atoms with Crippen LogP contribution in [0.4, 0.5) is 8.78 Å². The fourth-order valence-electron chi connectivity index (χ4n) is 1.83. The number of aromatic nitrogens is 1. The smallest absolute Gasteiger partial charge is 0.159 e. The number of halogens is 2. The molecule has 0 aliphatic rings. The van der Waals surface area contributed by atoms with Crippen LogP contribution < -0.4 is 11.3 Å². The Bertz CT molecular complexity index is 568. The van der Waals surface area contributed by atoms with Gasteiger partial charge in [0, 0.05) is 0 Å². The van der Waals surface area contributed by atoms with Gasteiger partial charge in [0.25, 0.3) is 0 Å². The maximum absolute atomic E-state index is 13.2. The van der Waals surface area contributed by atoms with Gasteiger partial charge in [0.1, 0.15) is 0 Å². The van der Waals surface area contributed by atoms with Gasteiger partial charge in [-0.25, -0.2) is 19.2 Å². The molecular formula is C12H13F2N3S. The van der Waals surface area contributed by atoms with E-state index >= 15 is 0 Å². The number of hydrogen-bond acceptors (Lipinski definition) is 4. The lowest BCUT2D eigenvalue weighted by Crippen LogP contribution is -2.28. The maximum Gasteiger partial charge on any atom is 0.159 e. The Morgan fingerprint density at radius 1 is 1.28 bits per heavy atom. The zero-order valence-corrected chi connectivity index (χ0v) is 10.8. The molecule has 1 atom stereocenters. The molecule has 18 heavy (non-hydrogen) atoms. The SMILES string of the molecule is Cc1nc(C)c(C(NN)c2ccc(F)c(F)c2)s1. The molecule has 2 aromatic rings. The minimum absolute atomic E-state index is 0.383. The first-order valence-corrected chi connectivity index (χ1v) is 6.19. The van der Waals surface area contributed by atoms with Crippen LogP contribution >= 0.6 is 11.3 Å². The number of nitrogens with two attached hydrogens (primary N) is 1. The number of hydrazine groups is 1. The zero-order chi connectivity index (χ0) is 13.3. The number of hydrogen-bond donors (Lipinski definition) is 2. The van der Waals surface area contributed by atoms with Gasteiger partial charge in [-0.1, -0.05) is 6.07 Å². The van der Waals surface area contributed by atoms with Crippen LogP contribution in [0.3, 0.4) is 0 Å². The second kappa shape index (κ2) is 5.09. The summed E-state index contributed by atoms with van der Waals surface area (Å²) in [5.74, 6) is 3.76. The van der Waals surface area contributed by atoms with Crippen LogP contribution in [0.25, 0.3) is 0 Å². The largest absolute Gasteiger partial charge is 0.271 e. The monoisotopic (exact) mass is 269 g/mol. The first-order chi connectivity index (χ1) is 8.52. The highest BCUT2D eigenvalue weighted by atomic mass is 32.1. The van der Waals surface area contributed by atoms with Gasteiger partial charge >= 0.3 is 0 Å². The molecule has 0 amide bonds. The first-order valence-electron chi connectivity index (χ1n) is 5.38. The summed E-state index contributed by atoms with van der Waals surface area (Å²) in [6, 6.07) is 3.37.